The minimum atomic E-state index is -0.703. The number of aliphatic imine (C=N–C) groups is 1. The summed E-state index contributed by atoms with van der Waals surface area (Å²) in [4.78, 5) is 4.31. The summed E-state index contributed by atoms with van der Waals surface area (Å²) in [5.74, 6) is 1.04. The maximum absolute atomic E-state index is 10.2. The van der Waals surface area contributed by atoms with Crippen molar-refractivity contribution < 1.29 is 9.84 Å². The highest BCUT2D eigenvalue weighted by molar-refractivity contribution is 5.83. The van der Waals surface area contributed by atoms with Crippen molar-refractivity contribution in [3.05, 3.63) is 0 Å². The molecule has 2 atom stereocenters. The molecular formula is C10H18N2O2. The highest BCUT2D eigenvalue weighted by Gasteiger charge is 2.39. The highest BCUT2D eigenvalue weighted by atomic mass is 16.5. The predicted octanol–water partition coefficient (Wildman–Crippen LogP) is 0.308. The monoisotopic (exact) mass is 198 g/mol. The molecule has 4 nitrogen and oxygen atoms in total. The van der Waals surface area contributed by atoms with Crippen LogP contribution in [0, 0.1) is 0 Å². The maximum Gasteiger partial charge on any atom is 0.110 e. The first kappa shape index (κ1) is 9.93. The molecule has 1 saturated heterocycles. The molecule has 4 heteroatoms. The zero-order valence-corrected chi connectivity index (χ0v) is 8.62. The Hall–Kier alpha value is -0.610. The van der Waals surface area contributed by atoms with E-state index in [0.717, 1.165) is 25.2 Å². The second-order valence-corrected chi connectivity index (χ2v) is 4.15. The summed E-state index contributed by atoms with van der Waals surface area (Å²) in [5.41, 5.74) is -0.703. The van der Waals surface area contributed by atoms with Gasteiger partial charge in [-0.2, -0.15) is 0 Å². The normalized spacial score (nSPS) is 37.3. The van der Waals surface area contributed by atoms with Crippen molar-refractivity contribution in [1.82, 2.24) is 5.32 Å². The summed E-state index contributed by atoms with van der Waals surface area (Å²) in [7, 11) is 0. The molecule has 0 spiro atoms. The Bertz CT molecular complexity index is 242. The number of ether oxygens (including phenoxy) is 1. The van der Waals surface area contributed by atoms with Crippen molar-refractivity contribution >= 4 is 5.84 Å². The van der Waals surface area contributed by atoms with Gasteiger partial charge in [-0.25, -0.2) is 0 Å². The third kappa shape index (κ3) is 1.91. The molecule has 2 heterocycles. The van der Waals surface area contributed by atoms with Crippen molar-refractivity contribution in [2.75, 3.05) is 19.7 Å². The summed E-state index contributed by atoms with van der Waals surface area (Å²) in [6.07, 6.45) is 2.80. The fraction of sp³-hybridized carbons (Fsp3) is 0.900. The number of hydrogen-bond donors (Lipinski definition) is 2. The van der Waals surface area contributed by atoms with E-state index in [0.29, 0.717) is 19.6 Å². The standard InChI is InChI=1S/C10H18N2O2/c1-8-10(13,4-6-14-8)7-12-9-3-2-5-11-9/h8,13H,2-7H2,1H3,(H,11,12). The van der Waals surface area contributed by atoms with Gasteiger partial charge in [-0.15, -0.1) is 0 Å². The minimum absolute atomic E-state index is 0.0722. The van der Waals surface area contributed by atoms with Gasteiger partial charge in [0, 0.05) is 32.5 Å². The quantitative estimate of drug-likeness (QED) is 0.671. The van der Waals surface area contributed by atoms with Crippen molar-refractivity contribution in [3.8, 4) is 0 Å². The summed E-state index contributed by atoms with van der Waals surface area (Å²) in [5, 5.41) is 13.4. The van der Waals surface area contributed by atoms with Crippen LogP contribution in [0.1, 0.15) is 26.2 Å². The van der Waals surface area contributed by atoms with Crippen molar-refractivity contribution in [2.24, 2.45) is 4.99 Å². The zero-order chi connectivity index (χ0) is 10.0. The Kier molecular flexibility index (Phi) is 2.74. The molecule has 0 saturated carbocycles. The average molecular weight is 198 g/mol. The maximum atomic E-state index is 10.2. The Morgan fingerprint density at radius 1 is 1.71 bits per heavy atom. The second-order valence-electron chi connectivity index (χ2n) is 4.15. The average Bonchev–Trinajstić information content (AvgIpc) is 2.75. The van der Waals surface area contributed by atoms with Gasteiger partial charge in [-0.1, -0.05) is 0 Å². The van der Waals surface area contributed by atoms with E-state index < -0.39 is 5.60 Å². The lowest BCUT2D eigenvalue weighted by atomic mass is 9.97. The van der Waals surface area contributed by atoms with Crippen LogP contribution in [0.4, 0.5) is 0 Å². The molecule has 0 amide bonds. The lowest BCUT2D eigenvalue weighted by Gasteiger charge is -2.26. The van der Waals surface area contributed by atoms with Gasteiger partial charge < -0.3 is 15.2 Å². The van der Waals surface area contributed by atoms with Crippen molar-refractivity contribution in [1.29, 1.82) is 0 Å². The number of aliphatic hydroxyl groups is 1. The summed E-state index contributed by atoms with van der Waals surface area (Å²) in [6.45, 7) is 4.07. The fourth-order valence-electron chi connectivity index (χ4n) is 1.94. The Labute approximate surface area is 84.4 Å². The van der Waals surface area contributed by atoms with Crippen LogP contribution in [0.5, 0.6) is 0 Å². The largest absolute Gasteiger partial charge is 0.385 e. The van der Waals surface area contributed by atoms with E-state index in [1.807, 2.05) is 6.92 Å². The molecule has 0 aromatic carbocycles. The van der Waals surface area contributed by atoms with E-state index in [2.05, 4.69) is 10.3 Å². The first-order valence-electron chi connectivity index (χ1n) is 5.32. The molecule has 0 aromatic heterocycles. The van der Waals surface area contributed by atoms with E-state index in [1.54, 1.807) is 0 Å². The van der Waals surface area contributed by atoms with Crippen LogP contribution < -0.4 is 5.32 Å². The summed E-state index contributed by atoms with van der Waals surface area (Å²) in [6, 6.07) is 0. The molecule has 0 bridgehead atoms. The topological polar surface area (TPSA) is 53.9 Å². The number of nitrogens with one attached hydrogen (secondary N) is 1. The Morgan fingerprint density at radius 2 is 2.57 bits per heavy atom. The van der Waals surface area contributed by atoms with E-state index in [-0.39, 0.29) is 6.10 Å². The first-order valence-corrected chi connectivity index (χ1v) is 5.32. The third-order valence-corrected chi connectivity index (χ3v) is 3.13. The summed E-state index contributed by atoms with van der Waals surface area (Å²) >= 11 is 0. The Morgan fingerprint density at radius 3 is 3.14 bits per heavy atom. The second kappa shape index (κ2) is 3.87. The van der Waals surface area contributed by atoms with Gasteiger partial charge in [0.15, 0.2) is 0 Å². The number of hydrogen-bond acceptors (Lipinski definition) is 4. The first-order chi connectivity index (χ1) is 6.71. The van der Waals surface area contributed by atoms with E-state index in [4.69, 9.17) is 4.74 Å². The predicted molar refractivity (Wildman–Crippen MR) is 54.5 cm³/mol. The van der Waals surface area contributed by atoms with Crippen LogP contribution in [-0.2, 0) is 4.74 Å². The molecule has 2 aliphatic rings. The molecule has 2 rings (SSSR count). The van der Waals surface area contributed by atoms with Crippen LogP contribution in [-0.4, -0.2) is 42.3 Å². The van der Waals surface area contributed by atoms with Crippen LogP contribution in [0.3, 0.4) is 0 Å². The molecule has 14 heavy (non-hydrogen) atoms. The van der Waals surface area contributed by atoms with Gasteiger partial charge in [0.25, 0.3) is 0 Å². The van der Waals surface area contributed by atoms with Crippen molar-refractivity contribution in [3.63, 3.8) is 0 Å². The van der Waals surface area contributed by atoms with Crippen molar-refractivity contribution in [2.45, 2.75) is 37.9 Å². The molecule has 0 aromatic rings. The van der Waals surface area contributed by atoms with Crippen LogP contribution in [0.15, 0.2) is 4.99 Å². The van der Waals surface area contributed by atoms with Gasteiger partial charge in [0.1, 0.15) is 5.60 Å². The van der Waals surface area contributed by atoms with Crippen LogP contribution >= 0.6 is 0 Å². The van der Waals surface area contributed by atoms with E-state index in [9.17, 15) is 5.11 Å². The third-order valence-electron chi connectivity index (χ3n) is 3.13. The van der Waals surface area contributed by atoms with E-state index in [1.165, 1.54) is 0 Å². The molecule has 2 aliphatic heterocycles. The SMILES string of the molecule is CC1OCCC1(O)CNC1=NCCC1. The van der Waals surface area contributed by atoms with Gasteiger partial charge in [0.2, 0.25) is 0 Å². The van der Waals surface area contributed by atoms with Crippen LogP contribution in [0.2, 0.25) is 0 Å². The molecule has 0 radical (unpaired) electrons. The van der Waals surface area contributed by atoms with Gasteiger partial charge in [-0.05, 0) is 13.3 Å². The van der Waals surface area contributed by atoms with Gasteiger partial charge in [0.05, 0.1) is 11.9 Å². The van der Waals surface area contributed by atoms with E-state index >= 15 is 0 Å². The minimum Gasteiger partial charge on any atom is -0.385 e. The molecule has 80 valence electrons. The number of nitrogens with zero attached hydrogens (tertiary/aromatic N) is 1. The number of rotatable bonds is 2. The number of amidine groups is 1. The lowest BCUT2D eigenvalue weighted by Crippen LogP contribution is -2.47. The highest BCUT2D eigenvalue weighted by Crippen LogP contribution is 2.24. The molecule has 0 aliphatic carbocycles. The molecule has 1 fully saturated rings. The lowest BCUT2D eigenvalue weighted by molar-refractivity contribution is -0.0234. The molecule has 2 unspecified atom stereocenters. The van der Waals surface area contributed by atoms with Crippen LogP contribution in [0.25, 0.3) is 0 Å². The Balaban J connectivity index is 1.84. The molecule has 2 N–H and O–H groups in total. The summed E-state index contributed by atoms with van der Waals surface area (Å²) < 4.78 is 5.35. The molecular weight excluding hydrogens is 180 g/mol. The fourth-order valence-corrected chi connectivity index (χ4v) is 1.94. The van der Waals surface area contributed by atoms with Gasteiger partial charge in [-0.3, -0.25) is 4.99 Å². The van der Waals surface area contributed by atoms with Gasteiger partial charge >= 0.3 is 0 Å². The zero-order valence-electron chi connectivity index (χ0n) is 8.62. The smallest absolute Gasteiger partial charge is 0.110 e.